The lowest BCUT2D eigenvalue weighted by atomic mass is 10.2. The topological polar surface area (TPSA) is 21.3 Å². The fraction of sp³-hybridized carbons (Fsp3) is 0.333. The summed E-state index contributed by atoms with van der Waals surface area (Å²) < 4.78 is 5.88. The molecule has 1 aromatic heterocycles. The quantitative estimate of drug-likeness (QED) is 0.765. The minimum atomic E-state index is 0.655. The van der Waals surface area contributed by atoms with Gasteiger partial charge in [-0.3, -0.25) is 0 Å². The molecule has 0 saturated heterocycles. The zero-order valence-electron chi connectivity index (χ0n) is 10.7. The summed E-state index contributed by atoms with van der Waals surface area (Å²) in [5, 5.41) is 5.48. The summed E-state index contributed by atoms with van der Waals surface area (Å²) in [6, 6.07) is 12.4. The average Bonchev–Trinajstić information content (AvgIpc) is 2.91. The van der Waals surface area contributed by atoms with Crippen LogP contribution in [0.5, 0.6) is 5.75 Å². The van der Waals surface area contributed by atoms with Crippen LogP contribution in [0.25, 0.3) is 0 Å². The number of ether oxygens (including phenoxy) is 1. The van der Waals surface area contributed by atoms with Gasteiger partial charge in [0.05, 0.1) is 0 Å². The standard InChI is InChI=1S/C15H19NOS/c1-2-9-16-11-13-6-3-4-8-15(13)17-12-14-7-5-10-18-14/h3-8,10,16H,2,9,11-12H2,1H3. The Morgan fingerprint density at radius 3 is 2.83 bits per heavy atom. The van der Waals surface area contributed by atoms with E-state index in [2.05, 4.69) is 41.9 Å². The molecule has 0 aliphatic rings. The molecule has 0 amide bonds. The Kier molecular flexibility index (Phi) is 5.24. The second-order valence-electron chi connectivity index (χ2n) is 4.15. The minimum absolute atomic E-state index is 0.655. The summed E-state index contributed by atoms with van der Waals surface area (Å²) in [6.07, 6.45) is 1.15. The Balaban J connectivity index is 1.94. The average molecular weight is 261 g/mol. The zero-order valence-corrected chi connectivity index (χ0v) is 11.5. The molecule has 18 heavy (non-hydrogen) atoms. The van der Waals surface area contributed by atoms with Crippen LogP contribution in [0.4, 0.5) is 0 Å². The van der Waals surface area contributed by atoms with Crippen LogP contribution in [0.2, 0.25) is 0 Å². The summed E-state index contributed by atoms with van der Waals surface area (Å²) in [5.41, 5.74) is 1.22. The molecule has 2 nitrogen and oxygen atoms in total. The number of hydrogen-bond acceptors (Lipinski definition) is 3. The number of benzene rings is 1. The SMILES string of the molecule is CCCNCc1ccccc1OCc1cccs1. The number of thiophene rings is 1. The van der Waals surface area contributed by atoms with Crippen LogP contribution >= 0.6 is 11.3 Å². The van der Waals surface area contributed by atoms with Gasteiger partial charge in [0, 0.05) is 17.0 Å². The Labute approximate surface area is 113 Å². The van der Waals surface area contributed by atoms with Gasteiger partial charge in [0.1, 0.15) is 12.4 Å². The van der Waals surface area contributed by atoms with E-state index in [1.165, 1.54) is 10.4 Å². The Bertz CT molecular complexity index is 453. The molecule has 0 saturated carbocycles. The van der Waals surface area contributed by atoms with Gasteiger partial charge in [-0.15, -0.1) is 11.3 Å². The molecule has 96 valence electrons. The Hall–Kier alpha value is -1.32. The van der Waals surface area contributed by atoms with E-state index >= 15 is 0 Å². The Morgan fingerprint density at radius 2 is 2.06 bits per heavy atom. The van der Waals surface area contributed by atoms with Crippen molar-refractivity contribution < 1.29 is 4.74 Å². The van der Waals surface area contributed by atoms with Crippen molar-refractivity contribution in [2.45, 2.75) is 26.5 Å². The van der Waals surface area contributed by atoms with Gasteiger partial charge in [-0.05, 0) is 30.5 Å². The predicted octanol–water partition coefficient (Wildman–Crippen LogP) is 3.83. The van der Waals surface area contributed by atoms with Crippen molar-refractivity contribution in [1.29, 1.82) is 0 Å². The van der Waals surface area contributed by atoms with Crippen LogP contribution in [0.1, 0.15) is 23.8 Å². The molecule has 2 aromatic rings. The van der Waals surface area contributed by atoms with Gasteiger partial charge in [0.25, 0.3) is 0 Å². The van der Waals surface area contributed by atoms with Crippen LogP contribution < -0.4 is 10.1 Å². The van der Waals surface area contributed by atoms with E-state index in [4.69, 9.17) is 4.74 Å². The second-order valence-corrected chi connectivity index (χ2v) is 5.18. The van der Waals surface area contributed by atoms with Crippen molar-refractivity contribution in [3.63, 3.8) is 0 Å². The predicted molar refractivity (Wildman–Crippen MR) is 77.1 cm³/mol. The van der Waals surface area contributed by atoms with E-state index < -0.39 is 0 Å². The molecule has 1 heterocycles. The summed E-state index contributed by atoms with van der Waals surface area (Å²) in [6.45, 7) is 4.74. The number of hydrogen-bond donors (Lipinski definition) is 1. The molecule has 0 bridgehead atoms. The highest BCUT2D eigenvalue weighted by Crippen LogP contribution is 2.20. The highest BCUT2D eigenvalue weighted by molar-refractivity contribution is 7.09. The maximum Gasteiger partial charge on any atom is 0.124 e. The van der Waals surface area contributed by atoms with Crippen molar-refractivity contribution >= 4 is 11.3 Å². The van der Waals surface area contributed by atoms with Gasteiger partial charge in [-0.25, -0.2) is 0 Å². The monoisotopic (exact) mass is 261 g/mol. The van der Waals surface area contributed by atoms with Crippen LogP contribution in [0.15, 0.2) is 41.8 Å². The first kappa shape index (κ1) is 13.1. The second kappa shape index (κ2) is 7.19. The lowest BCUT2D eigenvalue weighted by Crippen LogP contribution is -2.14. The summed E-state index contributed by atoms with van der Waals surface area (Å²) in [5.74, 6) is 0.981. The third kappa shape index (κ3) is 3.86. The highest BCUT2D eigenvalue weighted by atomic mass is 32.1. The maximum absolute atomic E-state index is 5.88. The number of para-hydroxylation sites is 1. The molecule has 1 aromatic carbocycles. The molecule has 0 fully saturated rings. The lowest BCUT2D eigenvalue weighted by Gasteiger charge is -2.11. The molecule has 0 radical (unpaired) electrons. The smallest absolute Gasteiger partial charge is 0.124 e. The summed E-state index contributed by atoms with van der Waals surface area (Å²) in [7, 11) is 0. The first-order chi connectivity index (χ1) is 8.90. The van der Waals surface area contributed by atoms with Gasteiger partial charge in [0.2, 0.25) is 0 Å². The molecule has 2 rings (SSSR count). The highest BCUT2D eigenvalue weighted by Gasteiger charge is 2.03. The van der Waals surface area contributed by atoms with E-state index in [1.807, 2.05) is 12.1 Å². The van der Waals surface area contributed by atoms with Gasteiger partial charge >= 0.3 is 0 Å². The third-order valence-electron chi connectivity index (χ3n) is 2.66. The molecule has 0 aliphatic carbocycles. The molecule has 3 heteroatoms. The van der Waals surface area contributed by atoms with E-state index in [-0.39, 0.29) is 0 Å². The van der Waals surface area contributed by atoms with Crippen LogP contribution in [0, 0.1) is 0 Å². The van der Waals surface area contributed by atoms with E-state index in [0.717, 1.165) is 25.3 Å². The molecule has 0 unspecified atom stereocenters. The number of nitrogens with one attached hydrogen (secondary N) is 1. The van der Waals surface area contributed by atoms with Gasteiger partial charge in [-0.1, -0.05) is 31.2 Å². The molecule has 0 atom stereocenters. The molecule has 0 aliphatic heterocycles. The van der Waals surface area contributed by atoms with Crippen molar-refractivity contribution in [2.24, 2.45) is 0 Å². The van der Waals surface area contributed by atoms with Crippen molar-refractivity contribution in [3.05, 3.63) is 52.2 Å². The minimum Gasteiger partial charge on any atom is -0.488 e. The molecular formula is C15H19NOS. The summed E-state index contributed by atoms with van der Waals surface area (Å²) in [4.78, 5) is 1.26. The number of rotatable bonds is 7. The third-order valence-corrected chi connectivity index (χ3v) is 3.51. The van der Waals surface area contributed by atoms with Crippen LogP contribution in [-0.4, -0.2) is 6.54 Å². The van der Waals surface area contributed by atoms with Crippen LogP contribution in [-0.2, 0) is 13.2 Å². The van der Waals surface area contributed by atoms with Crippen molar-refractivity contribution in [2.75, 3.05) is 6.54 Å². The largest absolute Gasteiger partial charge is 0.488 e. The zero-order chi connectivity index (χ0) is 12.6. The fourth-order valence-corrected chi connectivity index (χ4v) is 2.35. The molecule has 0 spiro atoms. The Morgan fingerprint density at radius 1 is 1.17 bits per heavy atom. The van der Waals surface area contributed by atoms with Gasteiger partial charge in [-0.2, -0.15) is 0 Å². The van der Waals surface area contributed by atoms with Gasteiger partial charge < -0.3 is 10.1 Å². The van der Waals surface area contributed by atoms with Crippen molar-refractivity contribution in [3.8, 4) is 5.75 Å². The fourth-order valence-electron chi connectivity index (χ4n) is 1.73. The van der Waals surface area contributed by atoms with Crippen LogP contribution in [0.3, 0.4) is 0 Å². The van der Waals surface area contributed by atoms with Crippen molar-refractivity contribution in [1.82, 2.24) is 5.32 Å². The molecule has 1 N–H and O–H groups in total. The van der Waals surface area contributed by atoms with Gasteiger partial charge in [0.15, 0.2) is 0 Å². The van der Waals surface area contributed by atoms with E-state index in [1.54, 1.807) is 11.3 Å². The first-order valence-electron chi connectivity index (χ1n) is 6.34. The maximum atomic E-state index is 5.88. The lowest BCUT2D eigenvalue weighted by molar-refractivity contribution is 0.305. The first-order valence-corrected chi connectivity index (χ1v) is 7.22. The van der Waals surface area contributed by atoms with E-state index in [0.29, 0.717) is 6.61 Å². The molecular weight excluding hydrogens is 242 g/mol. The normalized spacial score (nSPS) is 10.5. The van der Waals surface area contributed by atoms with E-state index in [9.17, 15) is 0 Å². The summed E-state index contributed by atoms with van der Waals surface area (Å²) >= 11 is 1.73.